The third-order valence-corrected chi connectivity index (χ3v) is 3.84. The van der Waals surface area contributed by atoms with E-state index in [1.54, 1.807) is 7.11 Å². The highest BCUT2D eigenvalue weighted by Gasteiger charge is 2.17. The van der Waals surface area contributed by atoms with E-state index in [9.17, 15) is 0 Å². The Balaban J connectivity index is 2.82. The van der Waals surface area contributed by atoms with E-state index in [1.165, 1.54) is 5.56 Å². The summed E-state index contributed by atoms with van der Waals surface area (Å²) in [6.07, 6.45) is 2.31. The van der Waals surface area contributed by atoms with E-state index in [4.69, 9.17) is 10.5 Å². The molecule has 0 aromatic heterocycles. The van der Waals surface area contributed by atoms with Crippen LogP contribution in [0.2, 0.25) is 0 Å². The first-order valence-corrected chi connectivity index (χ1v) is 7.13. The molecule has 0 aliphatic rings. The molecule has 2 N–H and O–H groups in total. The molecule has 0 spiro atoms. The standard InChI is InChI=1S/C16H28N2O/c1-6-13(7-2)18(4)11-15(17)14-10-12(3)8-9-16(14)19-5/h8-10,13,15H,6-7,11,17H2,1-5H3. The van der Waals surface area contributed by atoms with E-state index < -0.39 is 0 Å². The highest BCUT2D eigenvalue weighted by molar-refractivity contribution is 5.39. The number of hydrogen-bond donors (Lipinski definition) is 1. The number of methoxy groups -OCH3 is 1. The minimum absolute atomic E-state index is 0.0135. The van der Waals surface area contributed by atoms with Crippen LogP contribution in [0.1, 0.15) is 43.9 Å². The fourth-order valence-electron chi connectivity index (χ4n) is 2.61. The van der Waals surface area contributed by atoms with Gasteiger partial charge in [-0.3, -0.25) is 0 Å². The first-order valence-electron chi connectivity index (χ1n) is 7.13. The normalized spacial score (nSPS) is 13.1. The summed E-state index contributed by atoms with van der Waals surface area (Å²) >= 11 is 0. The Morgan fingerprint density at radius 1 is 1.26 bits per heavy atom. The molecule has 0 aliphatic heterocycles. The van der Waals surface area contributed by atoms with Gasteiger partial charge in [0.25, 0.3) is 0 Å². The molecule has 0 aliphatic carbocycles. The lowest BCUT2D eigenvalue weighted by Gasteiger charge is -2.29. The summed E-state index contributed by atoms with van der Waals surface area (Å²) in [6, 6.07) is 6.77. The van der Waals surface area contributed by atoms with Gasteiger partial charge in [0.1, 0.15) is 5.75 Å². The molecule has 0 saturated heterocycles. The van der Waals surface area contributed by atoms with Gasteiger partial charge in [0, 0.05) is 24.2 Å². The average Bonchev–Trinajstić information content (AvgIpc) is 2.40. The first-order chi connectivity index (χ1) is 9.03. The van der Waals surface area contributed by atoms with Crippen molar-refractivity contribution in [3.05, 3.63) is 29.3 Å². The van der Waals surface area contributed by atoms with Crippen LogP contribution in [0.15, 0.2) is 18.2 Å². The molecule has 19 heavy (non-hydrogen) atoms. The monoisotopic (exact) mass is 264 g/mol. The number of aryl methyl sites for hydroxylation is 1. The molecule has 1 rings (SSSR count). The van der Waals surface area contributed by atoms with Crippen molar-refractivity contribution in [3.63, 3.8) is 0 Å². The second-order valence-electron chi connectivity index (χ2n) is 5.26. The Hall–Kier alpha value is -1.06. The van der Waals surface area contributed by atoms with Gasteiger partial charge in [0.15, 0.2) is 0 Å². The molecule has 108 valence electrons. The number of rotatable bonds is 7. The van der Waals surface area contributed by atoms with Gasteiger partial charge in [-0.25, -0.2) is 0 Å². The summed E-state index contributed by atoms with van der Waals surface area (Å²) in [5.41, 5.74) is 8.68. The van der Waals surface area contributed by atoms with Crippen molar-refractivity contribution in [3.8, 4) is 5.75 Å². The fraction of sp³-hybridized carbons (Fsp3) is 0.625. The summed E-state index contributed by atoms with van der Waals surface area (Å²) < 4.78 is 5.42. The van der Waals surface area contributed by atoms with Crippen molar-refractivity contribution < 1.29 is 4.74 Å². The van der Waals surface area contributed by atoms with Gasteiger partial charge in [-0.05, 0) is 32.9 Å². The van der Waals surface area contributed by atoms with Crippen molar-refractivity contribution in [1.82, 2.24) is 4.90 Å². The van der Waals surface area contributed by atoms with Crippen molar-refractivity contribution in [2.45, 2.75) is 45.7 Å². The summed E-state index contributed by atoms with van der Waals surface area (Å²) in [6.45, 7) is 7.39. The topological polar surface area (TPSA) is 38.5 Å². The van der Waals surface area contributed by atoms with Crippen LogP contribution in [0.25, 0.3) is 0 Å². The second kappa shape index (κ2) is 7.51. The first kappa shape index (κ1) is 16.0. The number of nitrogens with two attached hydrogens (primary N) is 1. The zero-order valence-electron chi connectivity index (χ0n) is 12.9. The highest BCUT2D eigenvalue weighted by atomic mass is 16.5. The molecule has 1 atom stereocenters. The third-order valence-electron chi connectivity index (χ3n) is 3.84. The van der Waals surface area contributed by atoms with Crippen LogP contribution in [0.3, 0.4) is 0 Å². The lowest BCUT2D eigenvalue weighted by Crippen LogP contribution is -2.36. The third kappa shape index (κ3) is 4.22. The van der Waals surface area contributed by atoms with E-state index in [-0.39, 0.29) is 6.04 Å². The zero-order chi connectivity index (χ0) is 14.4. The van der Waals surface area contributed by atoms with Crippen molar-refractivity contribution in [2.75, 3.05) is 20.7 Å². The van der Waals surface area contributed by atoms with Crippen LogP contribution in [-0.4, -0.2) is 31.6 Å². The molecular formula is C16H28N2O. The summed E-state index contributed by atoms with van der Waals surface area (Å²) in [7, 11) is 3.85. The minimum atomic E-state index is -0.0135. The SMILES string of the molecule is CCC(CC)N(C)CC(N)c1cc(C)ccc1OC. The summed E-state index contributed by atoms with van der Waals surface area (Å²) in [4.78, 5) is 2.35. The van der Waals surface area contributed by atoms with Crippen LogP contribution >= 0.6 is 0 Å². The summed E-state index contributed by atoms with van der Waals surface area (Å²) in [5.74, 6) is 0.885. The van der Waals surface area contributed by atoms with Gasteiger partial charge in [-0.1, -0.05) is 31.5 Å². The molecule has 0 bridgehead atoms. The Labute approximate surface area is 117 Å². The van der Waals surface area contributed by atoms with Gasteiger partial charge in [0.05, 0.1) is 7.11 Å². The van der Waals surface area contributed by atoms with Crippen LogP contribution in [-0.2, 0) is 0 Å². The largest absolute Gasteiger partial charge is 0.496 e. The smallest absolute Gasteiger partial charge is 0.123 e. The van der Waals surface area contributed by atoms with Crippen molar-refractivity contribution in [2.24, 2.45) is 5.73 Å². The quantitative estimate of drug-likeness (QED) is 0.822. The van der Waals surface area contributed by atoms with Crippen molar-refractivity contribution in [1.29, 1.82) is 0 Å². The molecule has 0 heterocycles. The number of benzene rings is 1. The van der Waals surface area contributed by atoms with Gasteiger partial charge in [0.2, 0.25) is 0 Å². The Morgan fingerprint density at radius 3 is 2.42 bits per heavy atom. The van der Waals surface area contributed by atoms with Gasteiger partial charge >= 0.3 is 0 Å². The van der Waals surface area contributed by atoms with Gasteiger partial charge in [-0.15, -0.1) is 0 Å². The number of nitrogens with zero attached hydrogens (tertiary/aromatic N) is 1. The molecule has 1 aromatic rings. The van der Waals surface area contributed by atoms with Crippen LogP contribution < -0.4 is 10.5 Å². The number of hydrogen-bond acceptors (Lipinski definition) is 3. The second-order valence-corrected chi connectivity index (χ2v) is 5.26. The predicted octanol–water partition coefficient (Wildman–Crippen LogP) is 3.12. The Bertz CT molecular complexity index is 388. The number of ether oxygens (including phenoxy) is 1. The maximum Gasteiger partial charge on any atom is 0.123 e. The van der Waals surface area contributed by atoms with Crippen molar-refractivity contribution >= 4 is 0 Å². The van der Waals surface area contributed by atoms with E-state index >= 15 is 0 Å². The molecule has 0 amide bonds. The molecular weight excluding hydrogens is 236 g/mol. The average molecular weight is 264 g/mol. The molecule has 0 radical (unpaired) electrons. The van der Waals surface area contributed by atoms with Gasteiger partial charge in [-0.2, -0.15) is 0 Å². The zero-order valence-corrected chi connectivity index (χ0v) is 12.9. The Morgan fingerprint density at radius 2 is 1.89 bits per heavy atom. The molecule has 1 aromatic carbocycles. The molecule has 0 saturated carbocycles. The molecule has 3 heteroatoms. The minimum Gasteiger partial charge on any atom is -0.496 e. The molecule has 3 nitrogen and oxygen atoms in total. The Kier molecular flexibility index (Phi) is 6.32. The number of likely N-dealkylation sites (N-methyl/N-ethyl adjacent to an activating group) is 1. The molecule has 1 unspecified atom stereocenters. The van der Waals surface area contributed by atoms with E-state index in [2.05, 4.69) is 44.9 Å². The van der Waals surface area contributed by atoms with Crippen LogP contribution in [0.5, 0.6) is 5.75 Å². The predicted molar refractivity (Wildman–Crippen MR) is 81.7 cm³/mol. The summed E-state index contributed by atoms with van der Waals surface area (Å²) in [5, 5.41) is 0. The van der Waals surface area contributed by atoms with Crippen LogP contribution in [0, 0.1) is 6.92 Å². The van der Waals surface area contributed by atoms with E-state index in [1.807, 2.05) is 6.07 Å². The lowest BCUT2D eigenvalue weighted by molar-refractivity contribution is 0.216. The fourth-order valence-corrected chi connectivity index (χ4v) is 2.61. The molecule has 0 fully saturated rings. The lowest BCUT2D eigenvalue weighted by atomic mass is 10.0. The van der Waals surface area contributed by atoms with E-state index in [0.717, 1.165) is 30.7 Å². The maximum atomic E-state index is 6.37. The van der Waals surface area contributed by atoms with Crippen LogP contribution in [0.4, 0.5) is 0 Å². The maximum absolute atomic E-state index is 6.37. The highest BCUT2D eigenvalue weighted by Crippen LogP contribution is 2.26. The van der Waals surface area contributed by atoms with E-state index in [0.29, 0.717) is 6.04 Å². The van der Waals surface area contributed by atoms with Gasteiger partial charge < -0.3 is 15.4 Å².